The summed E-state index contributed by atoms with van der Waals surface area (Å²) in [6.45, 7) is -1.51. The van der Waals surface area contributed by atoms with Crippen molar-refractivity contribution in [2.45, 2.75) is 47.6 Å². The number of carbonyl (C=O) groups is 2. The lowest BCUT2D eigenvalue weighted by molar-refractivity contribution is -0.122. The Bertz CT molecular complexity index is 2920. The van der Waals surface area contributed by atoms with E-state index in [-0.39, 0.29) is 53.6 Å². The lowest BCUT2D eigenvalue weighted by Gasteiger charge is -2.49. The molecule has 4 atom stereocenters. The van der Waals surface area contributed by atoms with Crippen LogP contribution in [0.3, 0.4) is 0 Å². The van der Waals surface area contributed by atoms with E-state index >= 15 is 8.78 Å². The first kappa shape index (κ1) is 41.7. The first-order valence-corrected chi connectivity index (χ1v) is 19.1. The summed E-state index contributed by atoms with van der Waals surface area (Å²) in [6.07, 6.45) is 0.385. The second-order valence-electron chi connectivity index (χ2n) is 14.4. The van der Waals surface area contributed by atoms with Gasteiger partial charge in [0, 0.05) is 50.0 Å². The first-order chi connectivity index (χ1) is 29.0. The number of amides is 2. The second kappa shape index (κ2) is 14.9. The number of methoxy groups -OCH3 is 2. The number of aromatic nitrogens is 5. The number of anilines is 1. The smallest absolute Gasteiger partial charge is 0.347 e. The molecule has 8 rings (SSSR count). The monoisotopic (exact) mass is 892 g/mol. The predicted molar refractivity (Wildman–Crippen MR) is 206 cm³/mol. The Morgan fingerprint density at radius 3 is 2.16 bits per heavy atom. The van der Waals surface area contributed by atoms with Crippen LogP contribution in [0.15, 0.2) is 62.4 Å². The van der Waals surface area contributed by atoms with E-state index in [9.17, 15) is 42.3 Å². The van der Waals surface area contributed by atoms with Gasteiger partial charge in [0.1, 0.15) is 23.7 Å². The number of nitrogens with zero attached hydrogens (tertiary/aromatic N) is 6. The number of hydrogen-bond acceptors (Lipinski definition) is 10. The average Bonchev–Trinajstić information content (AvgIpc) is 3.58. The van der Waals surface area contributed by atoms with Crippen molar-refractivity contribution in [2.75, 3.05) is 32.3 Å². The SMILES string of the molecule is COc1cc2nc(CCn3c(=O)n4n(c3=O)C3CC5(Cl)C(=O)N(c6c(F)c(F)c(F)c(F)c6F)C(=O)C5(Cl)C(c5ccccc5OCCO)C3=CC4)c(=O)n(C)c2cc1OC. The number of aryl methyl sites for hydroxylation is 2. The van der Waals surface area contributed by atoms with Crippen molar-refractivity contribution in [3.05, 3.63) is 120 Å². The van der Waals surface area contributed by atoms with E-state index in [4.69, 9.17) is 37.4 Å². The maximum Gasteiger partial charge on any atom is 0.347 e. The molecule has 1 saturated heterocycles. The van der Waals surface area contributed by atoms with Gasteiger partial charge in [-0.25, -0.2) is 55.4 Å². The number of aliphatic hydroxyl groups excluding tert-OH is 1. The molecule has 0 spiro atoms. The highest BCUT2D eigenvalue weighted by atomic mass is 35.5. The zero-order valence-electron chi connectivity index (χ0n) is 32.0. The highest BCUT2D eigenvalue weighted by Crippen LogP contribution is 2.65. The lowest BCUT2D eigenvalue weighted by Crippen LogP contribution is -2.59. The van der Waals surface area contributed by atoms with Gasteiger partial charge in [-0.2, -0.15) is 0 Å². The molecule has 2 aliphatic heterocycles. The van der Waals surface area contributed by atoms with Gasteiger partial charge in [-0.15, -0.1) is 23.2 Å². The molecule has 0 radical (unpaired) electrons. The number of aliphatic hydroxyl groups is 1. The first-order valence-electron chi connectivity index (χ1n) is 18.3. The summed E-state index contributed by atoms with van der Waals surface area (Å²) in [4.78, 5) is 69.5. The van der Waals surface area contributed by atoms with Gasteiger partial charge in [0.25, 0.3) is 17.4 Å². The Labute approximate surface area is 349 Å². The molecule has 1 N–H and O–H groups in total. The van der Waals surface area contributed by atoms with Gasteiger partial charge < -0.3 is 23.9 Å². The van der Waals surface area contributed by atoms with Crippen molar-refractivity contribution in [1.29, 1.82) is 0 Å². The topological polar surface area (TPSA) is 169 Å². The van der Waals surface area contributed by atoms with Crippen molar-refractivity contribution >= 4 is 51.7 Å². The molecule has 1 saturated carbocycles. The summed E-state index contributed by atoms with van der Waals surface area (Å²) in [5, 5.41) is 9.56. The molecule has 5 aromatic rings. The van der Waals surface area contributed by atoms with Crippen LogP contribution in [-0.4, -0.2) is 77.6 Å². The van der Waals surface area contributed by atoms with Crippen LogP contribution in [0.4, 0.5) is 27.6 Å². The van der Waals surface area contributed by atoms with Gasteiger partial charge in [0.05, 0.1) is 44.4 Å². The molecule has 0 bridgehead atoms. The Morgan fingerprint density at radius 2 is 1.51 bits per heavy atom. The molecule has 3 aromatic carbocycles. The van der Waals surface area contributed by atoms with Crippen LogP contribution in [0.25, 0.3) is 11.0 Å². The zero-order chi connectivity index (χ0) is 44.0. The summed E-state index contributed by atoms with van der Waals surface area (Å²) in [7, 11) is 4.35. The number of carbonyl (C=O) groups excluding carboxylic acids is 2. The summed E-state index contributed by atoms with van der Waals surface area (Å²) in [6, 6.07) is 7.50. The van der Waals surface area contributed by atoms with Crippen molar-refractivity contribution in [3.63, 3.8) is 0 Å². The van der Waals surface area contributed by atoms with Gasteiger partial charge >= 0.3 is 11.4 Å². The van der Waals surface area contributed by atoms with E-state index in [2.05, 4.69) is 4.98 Å². The number of benzene rings is 3. The van der Waals surface area contributed by atoms with Crippen LogP contribution in [0.5, 0.6) is 17.2 Å². The molecule has 61 heavy (non-hydrogen) atoms. The van der Waals surface area contributed by atoms with Crippen LogP contribution in [0.1, 0.15) is 29.6 Å². The Kier molecular flexibility index (Phi) is 10.2. The molecule has 2 aromatic heterocycles. The average molecular weight is 894 g/mol. The number of allylic oxidation sites excluding steroid dienone is 2. The van der Waals surface area contributed by atoms with E-state index < -0.39 is 98.3 Å². The molecule has 2 fully saturated rings. The molecule has 320 valence electrons. The van der Waals surface area contributed by atoms with E-state index in [1.54, 1.807) is 12.1 Å². The maximum atomic E-state index is 15.4. The van der Waals surface area contributed by atoms with E-state index in [1.807, 2.05) is 0 Å². The zero-order valence-corrected chi connectivity index (χ0v) is 33.5. The fourth-order valence-electron chi connectivity index (χ4n) is 8.51. The van der Waals surface area contributed by atoms with Gasteiger partial charge in [-0.3, -0.25) is 14.4 Å². The molecule has 15 nitrogen and oxygen atoms in total. The number of fused-ring (bicyclic) bond motifs is 5. The van der Waals surface area contributed by atoms with Crippen LogP contribution in [0.2, 0.25) is 0 Å². The van der Waals surface area contributed by atoms with Crippen LogP contribution < -0.4 is 36.0 Å². The van der Waals surface area contributed by atoms with Gasteiger partial charge in [0.15, 0.2) is 44.5 Å². The van der Waals surface area contributed by atoms with Gasteiger partial charge in [-0.1, -0.05) is 24.3 Å². The number of ether oxygens (including phenoxy) is 3. The third-order valence-corrected chi connectivity index (χ3v) is 12.8. The molecule has 2 amide bonds. The number of alkyl halides is 2. The molecular weight excluding hydrogens is 862 g/mol. The highest BCUT2D eigenvalue weighted by molar-refractivity contribution is 6.58. The normalized spacial score (nSPS) is 22.0. The number of rotatable bonds is 10. The second-order valence-corrected chi connectivity index (χ2v) is 15.6. The quantitative estimate of drug-likeness (QED) is 0.0547. The predicted octanol–water partition coefficient (Wildman–Crippen LogP) is 3.58. The van der Waals surface area contributed by atoms with Gasteiger partial charge in [0.2, 0.25) is 5.82 Å². The fourth-order valence-corrected chi connectivity index (χ4v) is 9.42. The maximum absolute atomic E-state index is 15.4. The third kappa shape index (κ3) is 5.78. The molecule has 4 unspecified atom stereocenters. The van der Waals surface area contributed by atoms with E-state index in [0.29, 0.717) is 22.5 Å². The number of para-hydroxylation sites is 1. The summed E-state index contributed by atoms with van der Waals surface area (Å²) >= 11 is 14.4. The molecule has 22 heteroatoms. The summed E-state index contributed by atoms with van der Waals surface area (Å²) in [5.41, 5.74) is -3.46. The Morgan fingerprint density at radius 1 is 0.869 bits per heavy atom. The molecular formula is C39H31Cl2F5N6O9. The van der Waals surface area contributed by atoms with Crippen LogP contribution in [0, 0.1) is 29.1 Å². The van der Waals surface area contributed by atoms with Crippen molar-refractivity contribution < 1.29 is 50.9 Å². The van der Waals surface area contributed by atoms with Crippen LogP contribution >= 0.6 is 23.2 Å². The Balaban J connectivity index is 1.26. The fraction of sp³-hybridized carbons (Fsp3) is 0.333. The molecule has 3 aliphatic rings. The van der Waals surface area contributed by atoms with Crippen LogP contribution in [-0.2, 0) is 36.1 Å². The standard InChI is InChI=1S/C39H31Cl2F5N6O9/c1-48-21-15-25(60-3)24(59-2)14-20(21)47-19(33(48)54)9-10-49-36(57)50-11-8-17-22(52(50)37(49)58)16-38(40)34(55)51(32-30(45)28(43)27(42)29(44)31(32)46)35(56)39(38,41)26(17)18-6-4-5-7-23(18)61-13-12-53/h4-8,14-15,22,26,53H,9-13,16H2,1-3H3. The molecule has 4 heterocycles. The van der Waals surface area contributed by atoms with E-state index in [1.165, 1.54) is 56.2 Å². The minimum atomic E-state index is -2.81. The highest BCUT2D eigenvalue weighted by Gasteiger charge is 2.76. The third-order valence-electron chi connectivity index (χ3n) is 11.4. The molecule has 1 aliphatic carbocycles. The minimum absolute atomic E-state index is 0.0167. The number of hydrogen-bond donors (Lipinski definition) is 1. The minimum Gasteiger partial charge on any atom is -0.493 e. The summed E-state index contributed by atoms with van der Waals surface area (Å²) in [5.74, 6) is -16.9. The largest absolute Gasteiger partial charge is 0.493 e. The van der Waals surface area contributed by atoms with Gasteiger partial charge in [-0.05, 0) is 11.6 Å². The summed E-state index contributed by atoms with van der Waals surface area (Å²) < 4.78 is 94.7. The van der Waals surface area contributed by atoms with E-state index in [0.717, 1.165) is 13.9 Å². The van der Waals surface area contributed by atoms with Crippen molar-refractivity contribution in [1.82, 2.24) is 23.5 Å². The number of halogens is 7. The Hall–Kier alpha value is -5.99. The van der Waals surface area contributed by atoms with Crippen molar-refractivity contribution in [2.24, 2.45) is 7.05 Å². The number of imide groups is 1. The van der Waals surface area contributed by atoms with Crippen molar-refractivity contribution in [3.8, 4) is 17.2 Å². The lowest BCUT2D eigenvalue weighted by atomic mass is 9.64.